The van der Waals surface area contributed by atoms with Crippen LogP contribution >= 0.6 is 11.6 Å². The zero-order chi connectivity index (χ0) is 14.8. The van der Waals surface area contributed by atoms with Crippen molar-refractivity contribution in [2.75, 3.05) is 37.6 Å². The molecule has 0 spiro atoms. The Morgan fingerprint density at radius 1 is 1.29 bits per heavy atom. The van der Waals surface area contributed by atoms with Gasteiger partial charge < -0.3 is 20.2 Å². The van der Waals surface area contributed by atoms with Gasteiger partial charge in [-0.1, -0.05) is 17.7 Å². The molecule has 21 heavy (non-hydrogen) atoms. The van der Waals surface area contributed by atoms with Gasteiger partial charge in [0.25, 0.3) is 0 Å². The molecule has 1 aromatic carbocycles. The number of β-amino-alcohol motifs (C(OH)–C–C–N with tert-alkyl or cyclic N) is 1. The second kappa shape index (κ2) is 6.22. The second-order valence-electron chi connectivity index (χ2n) is 5.64. The summed E-state index contributed by atoms with van der Waals surface area (Å²) in [7, 11) is 0. The second-order valence-corrected chi connectivity index (χ2v) is 6.08. The molecule has 6 heteroatoms. The van der Waals surface area contributed by atoms with Crippen LogP contribution in [-0.2, 0) is 4.79 Å². The fraction of sp³-hybridized carbons (Fsp3) is 0.533. The van der Waals surface area contributed by atoms with E-state index in [1.54, 1.807) is 0 Å². The minimum Gasteiger partial charge on any atom is -0.392 e. The Morgan fingerprint density at radius 3 is 2.67 bits per heavy atom. The maximum Gasteiger partial charge on any atom is 0.239 e. The van der Waals surface area contributed by atoms with E-state index >= 15 is 0 Å². The summed E-state index contributed by atoms with van der Waals surface area (Å²) < 4.78 is 0. The molecule has 2 fully saturated rings. The number of nitrogens with one attached hydrogen (secondary N) is 1. The number of nitrogens with zero attached hydrogens (tertiary/aromatic N) is 2. The molecule has 3 rings (SSSR count). The van der Waals surface area contributed by atoms with Gasteiger partial charge in [0.05, 0.1) is 12.1 Å². The molecule has 2 saturated heterocycles. The first kappa shape index (κ1) is 14.6. The van der Waals surface area contributed by atoms with Crippen molar-refractivity contribution >= 4 is 23.2 Å². The predicted molar refractivity (Wildman–Crippen MR) is 82.7 cm³/mol. The van der Waals surface area contributed by atoms with E-state index < -0.39 is 6.10 Å². The summed E-state index contributed by atoms with van der Waals surface area (Å²) in [6.45, 7) is 3.54. The minimum absolute atomic E-state index is 0.109. The normalized spacial score (nSPS) is 26.2. The van der Waals surface area contributed by atoms with Crippen LogP contribution in [0.4, 0.5) is 5.69 Å². The van der Waals surface area contributed by atoms with Crippen LogP contribution in [0.25, 0.3) is 0 Å². The average Bonchev–Trinajstić information content (AvgIpc) is 2.93. The van der Waals surface area contributed by atoms with E-state index in [1.165, 1.54) is 0 Å². The number of hydrogen-bond donors (Lipinski definition) is 2. The Hall–Kier alpha value is -1.30. The highest BCUT2D eigenvalue weighted by atomic mass is 35.5. The molecule has 0 radical (unpaired) electrons. The van der Waals surface area contributed by atoms with E-state index in [0.717, 1.165) is 23.8 Å². The molecule has 2 heterocycles. The molecule has 0 bridgehead atoms. The van der Waals surface area contributed by atoms with Crippen LogP contribution in [0, 0.1) is 0 Å². The van der Waals surface area contributed by atoms with Gasteiger partial charge in [-0.25, -0.2) is 0 Å². The van der Waals surface area contributed by atoms with Crippen molar-refractivity contribution in [3.8, 4) is 0 Å². The number of rotatable bonds is 2. The quantitative estimate of drug-likeness (QED) is 0.845. The topological polar surface area (TPSA) is 55.8 Å². The van der Waals surface area contributed by atoms with Gasteiger partial charge >= 0.3 is 0 Å². The SMILES string of the molecule is O=C([C@H]1C[C@@H](O)CN1)N1CCN(c2cccc(Cl)c2)CC1. The van der Waals surface area contributed by atoms with Crippen LogP contribution in [0.3, 0.4) is 0 Å². The van der Waals surface area contributed by atoms with Crippen LogP contribution in [0.5, 0.6) is 0 Å². The van der Waals surface area contributed by atoms with E-state index in [9.17, 15) is 9.90 Å². The fourth-order valence-corrected chi connectivity index (χ4v) is 3.17. The Labute approximate surface area is 129 Å². The van der Waals surface area contributed by atoms with Gasteiger partial charge in [0.1, 0.15) is 0 Å². The van der Waals surface area contributed by atoms with E-state index in [-0.39, 0.29) is 11.9 Å². The van der Waals surface area contributed by atoms with Gasteiger partial charge in [-0.05, 0) is 24.6 Å². The van der Waals surface area contributed by atoms with E-state index in [2.05, 4.69) is 10.2 Å². The Morgan fingerprint density at radius 2 is 2.05 bits per heavy atom. The molecule has 5 nitrogen and oxygen atoms in total. The van der Waals surface area contributed by atoms with E-state index in [4.69, 9.17) is 11.6 Å². The predicted octanol–water partition coefficient (Wildman–Crippen LogP) is 0.711. The summed E-state index contributed by atoms with van der Waals surface area (Å²) in [4.78, 5) is 16.5. The van der Waals surface area contributed by atoms with Crippen molar-refractivity contribution in [1.82, 2.24) is 10.2 Å². The summed E-state index contributed by atoms with van der Waals surface area (Å²) in [6.07, 6.45) is 0.125. The third kappa shape index (κ3) is 3.31. The summed E-state index contributed by atoms with van der Waals surface area (Å²) in [6, 6.07) is 7.57. The smallest absolute Gasteiger partial charge is 0.239 e. The van der Waals surface area contributed by atoms with Crippen molar-refractivity contribution in [2.45, 2.75) is 18.6 Å². The maximum atomic E-state index is 12.4. The van der Waals surface area contributed by atoms with Gasteiger partial charge in [0, 0.05) is 43.4 Å². The maximum absolute atomic E-state index is 12.4. The van der Waals surface area contributed by atoms with Gasteiger partial charge in [0.15, 0.2) is 0 Å². The highest BCUT2D eigenvalue weighted by Crippen LogP contribution is 2.21. The largest absolute Gasteiger partial charge is 0.392 e. The number of aliphatic hydroxyl groups excluding tert-OH is 1. The first-order chi connectivity index (χ1) is 10.1. The average molecular weight is 310 g/mol. The highest BCUT2D eigenvalue weighted by molar-refractivity contribution is 6.30. The van der Waals surface area contributed by atoms with Crippen LogP contribution < -0.4 is 10.2 Å². The summed E-state index contributed by atoms with van der Waals surface area (Å²) >= 11 is 6.02. The first-order valence-corrected chi connectivity index (χ1v) is 7.72. The molecule has 1 amide bonds. The highest BCUT2D eigenvalue weighted by Gasteiger charge is 2.32. The third-order valence-electron chi connectivity index (χ3n) is 4.17. The molecule has 0 unspecified atom stereocenters. The standard InChI is InChI=1S/C15H20ClN3O2/c16-11-2-1-3-12(8-11)18-4-6-19(7-5-18)15(21)14-9-13(20)10-17-14/h1-3,8,13-14,17,20H,4-7,9-10H2/t13-,14-/m1/s1. The Bertz CT molecular complexity index is 517. The molecule has 1 aromatic rings. The van der Waals surface area contributed by atoms with Gasteiger partial charge in [-0.2, -0.15) is 0 Å². The molecule has 0 saturated carbocycles. The Kier molecular flexibility index (Phi) is 4.33. The number of hydrogen-bond acceptors (Lipinski definition) is 4. The van der Waals surface area contributed by atoms with Gasteiger partial charge in [-0.15, -0.1) is 0 Å². The van der Waals surface area contributed by atoms with Crippen LogP contribution in [-0.4, -0.2) is 60.8 Å². The fourth-order valence-electron chi connectivity index (χ4n) is 2.98. The van der Waals surface area contributed by atoms with Crippen LogP contribution in [0.15, 0.2) is 24.3 Å². The zero-order valence-electron chi connectivity index (χ0n) is 11.8. The molecule has 0 aromatic heterocycles. The molecule has 2 aliphatic rings. The molecule has 114 valence electrons. The number of amides is 1. The lowest BCUT2D eigenvalue weighted by atomic mass is 10.1. The lowest BCUT2D eigenvalue weighted by molar-refractivity contribution is -0.133. The number of benzene rings is 1. The van der Waals surface area contributed by atoms with Gasteiger partial charge in [0.2, 0.25) is 5.91 Å². The van der Waals surface area contributed by atoms with Gasteiger partial charge in [-0.3, -0.25) is 4.79 Å². The zero-order valence-corrected chi connectivity index (χ0v) is 12.6. The number of carbonyl (C=O) groups excluding carboxylic acids is 1. The summed E-state index contributed by atoms with van der Waals surface area (Å²) in [5.41, 5.74) is 1.10. The number of piperazine rings is 1. The first-order valence-electron chi connectivity index (χ1n) is 7.34. The van der Waals surface area contributed by atoms with Crippen molar-refractivity contribution < 1.29 is 9.90 Å². The number of carbonyl (C=O) groups is 1. The minimum atomic E-state index is -0.397. The molecule has 0 aliphatic carbocycles. The Balaban J connectivity index is 1.56. The number of halogens is 1. The lowest BCUT2D eigenvalue weighted by Gasteiger charge is -2.37. The third-order valence-corrected chi connectivity index (χ3v) is 4.41. The van der Waals surface area contributed by atoms with Crippen molar-refractivity contribution in [1.29, 1.82) is 0 Å². The van der Waals surface area contributed by atoms with E-state index in [0.29, 0.717) is 26.1 Å². The van der Waals surface area contributed by atoms with E-state index in [1.807, 2.05) is 29.2 Å². The monoisotopic (exact) mass is 309 g/mol. The molecular formula is C15H20ClN3O2. The lowest BCUT2D eigenvalue weighted by Crippen LogP contribution is -2.53. The molecule has 2 aliphatic heterocycles. The summed E-state index contributed by atoms with van der Waals surface area (Å²) in [5.74, 6) is 0.109. The van der Waals surface area contributed by atoms with Crippen LogP contribution in [0.2, 0.25) is 5.02 Å². The summed E-state index contributed by atoms with van der Waals surface area (Å²) in [5, 5.41) is 13.3. The van der Waals surface area contributed by atoms with Crippen molar-refractivity contribution in [2.24, 2.45) is 0 Å². The van der Waals surface area contributed by atoms with Crippen molar-refractivity contribution in [3.63, 3.8) is 0 Å². The van der Waals surface area contributed by atoms with Crippen LogP contribution in [0.1, 0.15) is 6.42 Å². The molecular weight excluding hydrogens is 290 g/mol. The molecule has 2 N–H and O–H groups in total. The molecule has 2 atom stereocenters. The number of anilines is 1. The number of aliphatic hydroxyl groups is 1. The van der Waals surface area contributed by atoms with Crippen molar-refractivity contribution in [3.05, 3.63) is 29.3 Å².